The molecule has 4 aromatic rings. The summed E-state index contributed by atoms with van der Waals surface area (Å²) in [5.41, 5.74) is -0.303. The van der Waals surface area contributed by atoms with Crippen LogP contribution in [-0.2, 0) is 4.74 Å². The number of ether oxygens (including phenoxy) is 2. The molecule has 0 amide bonds. The predicted octanol–water partition coefficient (Wildman–Crippen LogP) is 5.86. The molecule has 0 spiro atoms. The molecule has 254 valence electrons. The average Bonchev–Trinajstić information content (AvgIpc) is 3.67. The highest BCUT2D eigenvalue weighted by Crippen LogP contribution is 2.43. The van der Waals surface area contributed by atoms with Crippen LogP contribution in [0.5, 0.6) is 11.8 Å². The average molecular weight is 670 g/mol. The Balaban J connectivity index is 1.17. The van der Waals surface area contributed by atoms with Gasteiger partial charge in [0, 0.05) is 48.4 Å². The Labute approximate surface area is 282 Å². The monoisotopic (exact) mass is 669 g/mol. The number of rotatable bonds is 8. The lowest BCUT2D eigenvalue weighted by Gasteiger charge is -2.42. The minimum Gasteiger partial charge on any atom is -0.508 e. The fourth-order valence-corrected chi connectivity index (χ4v) is 8.88. The number of phenols is 1. The van der Waals surface area contributed by atoms with Crippen molar-refractivity contribution in [2.45, 2.75) is 74.3 Å². The molecule has 2 N–H and O–H groups in total. The lowest BCUT2D eigenvalue weighted by atomic mass is 9.93. The first-order chi connectivity index (χ1) is 23.7. The van der Waals surface area contributed by atoms with Crippen molar-refractivity contribution in [1.82, 2.24) is 20.2 Å². The fourth-order valence-electron chi connectivity index (χ4n) is 8.88. The topological polar surface area (TPSA) is 83.0 Å². The van der Waals surface area contributed by atoms with E-state index in [1.165, 1.54) is 24.3 Å². The van der Waals surface area contributed by atoms with Crippen LogP contribution in [0.2, 0.25) is 0 Å². The second-order valence-electron chi connectivity index (χ2n) is 14.7. The summed E-state index contributed by atoms with van der Waals surface area (Å²) >= 11 is 0. The summed E-state index contributed by atoms with van der Waals surface area (Å²) in [7, 11) is 0. The van der Waals surface area contributed by atoms with Gasteiger partial charge in [-0.2, -0.15) is 9.97 Å². The summed E-state index contributed by atoms with van der Waals surface area (Å²) in [6.45, 7) is 3.28. The van der Waals surface area contributed by atoms with E-state index in [4.69, 9.17) is 20.9 Å². The number of hydrogen-bond acceptors (Lipinski definition) is 8. The first kappa shape index (κ1) is 30.9. The number of aromatic hydroxyl groups is 1. The summed E-state index contributed by atoms with van der Waals surface area (Å²) in [5, 5.41) is 15.7. The molecule has 4 saturated heterocycles. The second kappa shape index (κ2) is 11.5. The summed E-state index contributed by atoms with van der Waals surface area (Å²) < 4.78 is 59.1. The normalized spacial score (nSPS) is 28.0. The number of benzene rings is 3. The number of fused-ring (bicyclic) bond motifs is 5. The summed E-state index contributed by atoms with van der Waals surface area (Å²) in [5.74, 6) is 1.58. The van der Waals surface area contributed by atoms with Crippen LogP contribution in [0.15, 0.2) is 36.4 Å². The summed E-state index contributed by atoms with van der Waals surface area (Å²) in [6.07, 6.45) is 11.4. The molecule has 4 aliphatic heterocycles. The van der Waals surface area contributed by atoms with Gasteiger partial charge in [-0.25, -0.2) is 13.2 Å². The Hall–Kier alpha value is -4.11. The number of nitrogens with zero attached hydrogens (tertiary/aromatic N) is 4. The number of alkyl halides is 1. The zero-order valence-electron chi connectivity index (χ0n) is 27.2. The number of terminal acetylenes is 1. The van der Waals surface area contributed by atoms with Crippen molar-refractivity contribution < 1.29 is 27.8 Å². The molecule has 9 rings (SSSR count). The van der Waals surface area contributed by atoms with Gasteiger partial charge in [0.25, 0.3) is 0 Å². The molecule has 49 heavy (non-hydrogen) atoms. The van der Waals surface area contributed by atoms with E-state index in [1.54, 1.807) is 12.1 Å². The molecule has 8 nitrogen and oxygen atoms in total. The highest BCUT2D eigenvalue weighted by molar-refractivity contribution is 6.04. The molecule has 3 aromatic carbocycles. The number of phenolic OH excluding ortho intramolecular Hbond substituents is 1. The van der Waals surface area contributed by atoms with E-state index in [1.807, 2.05) is 0 Å². The van der Waals surface area contributed by atoms with Crippen molar-refractivity contribution in [3.05, 3.63) is 53.6 Å². The van der Waals surface area contributed by atoms with Crippen molar-refractivity contribution in [3.63, 3.8) is 0 Å². The number of halogens is 3. The van der Waals surface area contributed by atoms with E-state index in [-0.39, 0.29) is 52.2 Å². The van der Waals surface area contributed by atoms with Crippen LogP contribution in [0.1, 0.15) is 50.5 Å². The fraction of sp³-hybridized carbons (Fsp3) is 0.474. The highest BCUT2D eigenvalue weighted by atomic mass is 19.1. The van der Waals surface area contributed by atoms with Gasteiger partial charge in [0.1, 0.15) is 35.7 Å². The molecule has 5 aliphatic rings. The number of piperazine rings is 1. The van der Waals surface area contributed by atoms with E-state index in [9.17, 15) is 13.9 Å². The van der Waals surface area contributed by atoms with Crippen LogP contribution < -0.4 is 15.0 Å². The third-order valence-electron chi connectivity index (χ3n) is 11.3. The summed E-state index contributed by atoms with van der Waals surface area (Å²) in [6, 6.07) is 9.25. The van der Waals surface area contributed by atoms with Gasteiger partial charge in [-0.1, -0.05) is 18.1 Å². The largest absolute Gasteiger partial charge is 0.508 e. The molecule has 11 heteroatoms. The van der Waals surface area contributed by atoms with Crippen LogP contribution in [0, 0.1) is 24.0 Å². The summed E-state index contributed by atoms with van der Waals surface area (Å²) in [4.78, 5) is 13.9. The number of aromatic nitrogens is 2. The van der Waals surface area contributed by atoms with Gasteiger partial charge in [-0.05, 0) is 80.3 Å². The first-order valence-corrected chi connectivity index (χ1v) is 17.3. The van der Waals surface area contributed by atoms with Crippen molar-refractivity contribution in [2.24, 2.45) is 0 Å². The molecule has 1 aromatic heterocycles. The smallest absolute Gasteiger partial charge is 0.319 e. The molecular weight excluding hydrogens is 631 g/mol. The van der Waals surface area contributed by atoms with Gasteiger partial charge in [0.05, 0.1) is 29.4 Å². The van der Waals surface area contributed by atoms with E-state index in [2.05, 4.69) is 26.0 Å². The van der Waals surface area contributed by atoms with Gasteiger partial charge in [0.2, 0.25) is 0 Å². The zero-order chi connectivity index (χ0) is 33.5. The third-order valence-corrected chi connectivity index (χ3v) is 11.3. The predicted molar refractivity (Wildman–Crippen MR) is 181 cm³/mol. The SMILES string of the molecule is C#Cc1c(F)ccc2cc(O)cc(-c3ccc4c(N5C[C@@H]6CC[C@](COC7CC7)(C5)N6)nc(OC[C@@]56CCCN5C[C@H](F)C6)nc4c3F)c12. The van der Waals surface area contributed by atoms with Crippen molar-refractivity contribution in [1.29, 1.82) is 0 Å². The van der Waals surface area contributed by atoms with Gasteiger partial charge < -0.3 is 24.8 Å². The van der Waals surface area contributed by atoms with Crippen LogP contribution >= 0.6 is 0 Å². The Kier molecular flexibility index (Phi) is 7.24. The standard InChI is InChI=1S/C38H38F3N5O3/c1-2-27-31(40)9-4-22-14-25(47)15-30(32(22)27)28-7-8-29-34(33(28)41)42-36(49-21-38-11-3-13-46(38)17-23(39)16-38)43-35(29)45-18-24-10-12-37(19-45,44-24)20-48-26-5-6-26/h1,4,7-9,14-15,23-24,26,44,47H,3,5-6,10-13,16-21H2/t23-,24+,37-,38+/m1/s1. The highest BCUT2D eigenvalue weighted by Gasteiger charge is 2.50. The van der Waals surface area contributed by atoms with Gasteiger partial charge in [-0.3, -0.25) is 4.90 Å². The lowest BCUT2D eigenvalue weighted by molar-refractivity contribution is 0.0606. The quantitative estimate of drug-likeness (QED) is 0.226. The number of hydrogen-bond donors (Lipinski definition) is 2. The Morgan fingerprint density at radius 1 is 1.04 bits per heavy atom. The Bertz CT molecular complexity index is 2030. The van der Waals surface area contributed by atoms with Crippen LogP contribution in [0.25, 0.3) is 32.8 Å². The Morgan fingerprint density at radius 2 is 1.92 bits per heavy atom. The third kappa shape index (κ3) is 5.27. The van der Waals surface area contributed by atoms with E-state index in [0.29, 0.717) is 60.7 Å². The molecule has 5 heterocycles. The van der Waals surface area contributed by atoms with Gasteiger partial charge >= 0.3 is 6.01 Å². The lowest BCUT2D eigenvalue weighted by Crippen LogP contribution is -2.62. The maximum atomic E-state index is 17.1. The molecule has 0 radical (unpaired) electrons. The molecule has 5 fully saturated rings. The first-order valence-electron chi connectivity index (χ1n) is 17.3. The molecule has 2 bridgehead atoms. The molecule has 1 saturated carbocycles. The molecule has 4 atom stereocenters. The van der Waals surface area contributed by atoms with E-state index in [0.717, 1.165) is 45.1 Å². The second-order valence-corrected chi connectivity index (χ2v) is 14.7. The molecule has 1 aliphatic carbocycles. The minimum atomic E-state index is -0.919. The van der Waals surface area contributed by atoms with Gasteiger partial charge in [0.15, 0.2) is 5.82 Å². The van der Waals surface area contributed by atoms with Crippen LogP contribution in [-0.4, -0.2) is 88.8 Å². The van der Waals surface area contributed by atoms with Crippen LogP contribution in [0.4, 0.5) is 19.0 Å². The minimum absolute atomic E-state index is 0.0162. The molecule has 0 unspecified atom stereocenters. The van der Waals surface area contributed by atoms with E-state index >= 15 is 4.39 Å². The maximum Gasteiger partial charge on any atom is 0.319 e. The van der Waals surface area contributed by atoms with Gasteiger partial charge in [-0.15, -0.1) is 6.42 Å². The number of nitrogens with one attached hydrogen (secondary N) is 1. The van der Waals surface area contributed by atoms with Crippen LogP contribution in [0.3, 0.4) is 0 Å². The number of anilines is 1. The van der Waals surface area contributed by atoms with E-state index < -0.39 is 23.3 Å². The molecular formula is C38H38F3N5O3. The van der Waals surface area contributed by atoms with Crippen molar-refractivity contribution >= 4 is 27.5 Å². The maximum absolute atomic E-state index is 17.1. The Morgan fingerprint density at radius 3 is 2.76 bits per heavy atom. The van der Waals surface area contributed by atoms with Crippen molar-refractivity contribution in [3.8, 4) is 35.2 Å². The van der Waals surface area contributed by atoms with Crippen molar-refractivity contribution in [2.75, 3.05) is 44.3 Å². The zero-order valence-corrected chi connectivity index (χ0v) is 27.2.